The monoisotopic (exact) mass is 559 g/mol. The lowest BCUT2D eigenvalue weighted by Crippen LogP contribution is -2.43. The number of anilines is 1. The van der Waals surface area contributed by atoms with Crippen molar-refractivity contribution >= 4 is 11.5 Å². The Morgan fingerprint density at radius 1 is 0.927 bits per heavy atom. The van der Waals surface area contributed by atoms with Gasteiger partial charge in [-0.3, -0.25) is 9.78 Å². The highest BCUT2D eigenvalue weighted by Gasteiger charge is 2.31. The second-order valence-corrected chi connectivity index (χ2v) is 10.2. The molecule has 5 nitrogen and oxygen atoms in total. The third-order valence-corrected chi connectivity index (χ3v) is 7.21. The Kier molecular flexibility index (Phi) is 8.99. The minimum atomic E-state index is -4.46. The number of hydrogen-bond acceptors (Lipinski definition) is 5. The number of carbonyl (C=O) groups is 1. The summed E-state index contributed by atoms with van der Waals surface area (Å²) in [4.78, 5) is 18.8. The summed E-state index contributed by atoms with van der Waals surface area (Å²) in [5, 5.41) is 3.33. The molecule has 1 aromatic heterocycles. The number of hydrogen-bond donors (Lipinski definition) is 1. The van der Waals surface area contributed by atoms with E-state index in [1.54, 1.807) is 24.5 Å². The molecule has 4 aromatic rings. The Bertz CT molecular complexity index is 1450. The number of piperazine rings is 1. The molecule has 0 amide bonds. The van der Waals surface area contributed by atoms with E-state index < -0.39 is 11.7 Å². The Morgan fingerprint density at radius 2 is 1.73 bits per heavy atom. The first-order valence-electron chi connectivity index (χ1n) is 13.7. The van der Waals surface area contributed by atoms with E-state index in [1.807, 2.05) is 48.5 Å². The lowest BCUT2D eigenvalue weighted by molar-refractivity contribution is -0.137. The summed E-state index contributed by atoms with van der Waals surface area (Å²) < 4.78 is 46.7. The van der Waals surface area contributed by atoms with Crippen molar-refractivity contribution in [2.45, 2.75) is 32.0 Å². The zero-order valence-corrected chi connectivity index (χ0v) is 22.7. The quantitative estimate of drug-likeness (QED) is 0.240. The molecule has 2 heterocycles. The third-order valence-electron chi connectivity index (χ3n) is 7.21. The summed E-state index contributed by atoms with van der Waals surface area (Å²) in [6.45, 7) is 3.50. The molecule has 1 aliphatic rings. The number of pyridine rings is 1. The summed E-state index contributed by atoms with van der Waals surface area (Å²) in [7, 11) is 0. The molecule has 0 bridgehead atoms. The fourth-order valence-corrected chi connectivity index (χ4v) is 4.97. The molecule has 0 aliphatic carbocycles. The number of aryl methyl sites for hydroxylation is 1. The molecule has 0 spiro atoms. The lowest BCUT2D eigenvalue weighted by Gasteiger charge is -2.29. The maximum Gasteiger partial charge on any atom is 0.416 e. The molecule has 1 saturated heterocycles. The number of rotatable bonds is 10. The van der Waals surface area contributed by atoms with Crippen molar-refractivity contribution in [3.05, 3.63) is 114 Å². The van der Waals surface area contributed by atoms with E-state index in [-0.39, 0.29) is 12.4 Å². The number of carbonyl (C=O) groups excluding carboxylic acids is 1. The van der Waals surface area contributed by atoms with Crippen molar-refractivity contribution in [3.63, 3.8) is 0 Å². The molecule has 0 atom stereocenters. The van der Waals surface area contributed by atoms with Gasteiger partial charge in [0.2, 0.25) is 0 Å². The number of Topliss-reactive ketones (excluding diaryl/α,β-unsaturated/α-hetero) is 1. The van der Waals surface area contributed by atoms with Crippen LogP contribution >= 0.6 is 0 Å². The average Bonchev–Trinajstić information content (AvgIpc) is 3.00. The molecule has 1 aliphatic heterocycles. The second-order valence-electron chi connectivity index (χ2n) is 10.2. The van der Waals surface area contributed by atoms with Gasteiger partial charge in [0.15, 0.2) is 0 Å². The van der Waals surface area contributed by atoms with Crippen LogP contribution in [0.2, 0.25) is 0 Å². The van der Waals surface area contributed by atoms with E-state index in [0.717, 1.165) is 54.6 Å². The topological polar surface area (TPSA) is 54.5 Å². The molecule has 1 fully saturated rings. The number of alkyl halides is 3. The molecule has 0 saturated carbocycles. The number of ketones is 1. The van der Waals surface area contributed by atoms with Gasteiger partial charge in [0.25, 0.3) is 0 Å². The summed E-state index contributed by atoms with van der Waals surface area (Å²) in [6, 6.07) is 22.7. The highest BCUT2D eigenvalue weighted by molar-refractivity contribution is 5.81. The zero-order chi connectivity index (χ0) is 28.7. The van der Waals surface area contributed by atoms with Crippen LogP contribution in [0, 0.1) is 0 Å². The SMILES string of the molecule is O=C(CCc1cccnc1)Cc1ccc(OCc2cc(C(F)(F)F)ccc2-c2cccc(N3CCNCC3)c2)cc1. The fraction of sp³-hybridized carbons (Fsp3) is 0.273. The molecular formula is C33H32F3N3O2. The predicted molar refractivity (Wildman–Crippen MR) is 154 cm³/mol. The average molecular weight is 560 g/mol. The molecule has 212 valence electrons. The fourth-order valence-electron chi connectivity index (χ4n) is 4.97. The van der Waals surface area contributed by atoms with Gasteiger partial charge in [-0.15, -0.1) is 0 Å². The molecule has 0 unspecified atom stereocenters. The predicted octanol–water partition coefficient (Wildman–Crippen LogP) is 6.50. The number of benzene rings is 3. The van der Waals surface area contributed by atoms with Gasteiger partial charge in [-0.2, -0.15) is 13.2 Å². The van der Waals surface area contributed by atoms with Crippen LogP contribution in [0.25, 0.3) is 11.1 Å². The van der Waals surface area contributed by atoms with E-state index in [4.69, 9.17) is 4.74 Å². The van der Waals surface area contributed by atoms with Crippen LogP contribution < -0.4 is 15.0 Å². The van der Waals surface area contributed by atoms with E-state index in [1.165, 1.54) is 12.1 Å². The van der Waals surface area contributed by atoms with E-state index >= 15 is 0 Å². The largest absolute Gasteiger partial charge is 0.489 e. The minimum Gasteiger partial charge on any atom is -0.489 e. The molecule has 0 radical (unpaired) electrons. The highest BCUT2D eigenvalue weighted by Crippen LogP contribution is 2.35. The number of aromatic nitrogens is 1. The Balaban J connectivity index is 1.27. The van der Waals surface area contributed by atoms with Gasteiger partial charge in [0.05, 0.1) is 5.56 Å². The summed E-state index contributed by atoms with van der Waals surface area (Å²) in [5.74, 6) is 0.647. The van der Waals surface area contributed by atoms with Crippen LogP contribution in [-0.4, -0.2) is 36.9 Å². The first-order chi connectivity index (χ1) is 19.8. The summed E-state index contributed by atoms with van der Waals surface area (Å²) in [5.41, 5.74) is 4.21. The molecule has 5 rings (SSSR count). The zero-order valence-electron chi connectivity index (χ0n) is 22.7. The van der Waals surface area contributed by atoms with Crippen molar-refractivity contribution in [3.8, 4) is 16.9 Å². The summed E-state index contributed by atoms with van der Waals surface area (Å²) in [6.07, 6.45) is 0.388. The van der Waals surface area contributed by atoms with Crippen molar-refractivity contribution in [2.75, 3.05) is 31.1 Å². The van der Waals surface area contributed by atoms with Crippen molar-refractivity contribution in [1.29, 1.82) is 0 Å². The second kappa shape index (κ2) is 13.0. The third kappa shape index (κ3) is 7.73. The first kappa shape index (κ1) is 28.4. The highest BCUT2D eigenvalue weighted by atomic mass is 19.4. The van der Waals surface area contributed by atoms with Crippen LogP contribution in [0.3, 0.4) is 0 Å². The van der Waals surface area contributed by atoms with Gasteiger partial charge in [0.1, 0.15) is 18.1 Å². The van der Waals surface area contributed by atoms with E-state index in [0.29, 0.717) is 36.1 Å². The number of halogens is 3. The number of nitrogens with one attached hydrogen (secondary N) is 1. The smallest absolute Gasteiger partial charge is 0.416 e. The molecule has 8 heteroatoms. The van der Waals surface area contributed by atoms with Crippen molar-refractivity contribution in [1.82, 2.24) is 10.3 Å². The number of ether oxygens (including phenoxy) is 1. The van der Waals surface area contributed by atoms with E-state index in [2.05, 4.69) is 15.2 Å². The van der Waals surface area contributed by atoms with Gasteiger partial charge >= 0.3 is 6.18 Å². The molecule has 1 N–H and O–H groups in total. The van der Waals surface area contributed by atoms with Gasteiger partial charge in [-0.1, -0.05) is 36.4 Å². The van der Waals surface area contributed by atoms with Gasteiger partial charge in [0, 0.05) is 57.1 Å². The van der Waals surface area contributed by atoms with E-state index in [9.17, 15) is 18.0 Å². The first-order valence-corrected chi connectivity index (χ1v) is 13.7. The van der Waals surface area contributed by atoms with Crippen LogP contribution in [0.15, 0.2) is 91.3 Å². The van der Waals surface area contributed by atoms with Gasteiger partial charge < -0.3 is 15.0 Å². The normalized spacial score (nSPS) is 13.7. The Morgan fingerprint density at radius 3 is 2.46 bits per heavy atom. The van der Waals surface area contributed by atoms with Crippen molar-refractivity contribution < 1.29 is 22.7 Å². The summed E-state index contributed by atoms with van der Waals surface area (Å²) >= 11 is 0. The minimum absolute atomic E-state index is 0.0273. The maximum absolute atomic E-state index is 13.6. The number of nitrogens with zero attached hydrogens (tertiary/aromatic N) is 2. The Hall–Kier alpha value is -4.17. The van der Waals surface area contributed by atoms with Crippen LogP contribution in [0.1, 0.15) is 28.7 Å². The molecule has 41 heavy (non-hydrogen) atoms. The Labute approximate surface area is 238 Å². The van der Waals surface area contributed by atoms with Crippen molar-refractivity contribution in [2.24, 2.45) is 0 Å². The van der Waals surface area contributed by atoms with Crippen LogP contribution in [-0.2, 0) is 30.4 Å². The lowest BCUT2D eigenvalue weighted by atomic mass is 9.97. The molecular weight excluding hydrogens is 527 g/mol. The van der Waals surface area contributed by atoms with Gasteiger partial charge in [-0.25, -0.2) is 0 Å². The maximum atomic E-state index is 13.6. The van der Waals surface area contributed by atoms with Crippen LogP contribution in [0.4, 0.5) is 18.9 Å². The molecule has 3 aromatic carbocycles. The van der Waals surface area contributed by atoms with Gasteiger partial charge in [-0.05, 0) is 76.7 Å². The van der Waals surface area contributed by atoms with Crippen LogP contribution in [0.5, 0.6) is 5.75 Å². The standard InChI is InChI=1S/C33H32F3N3O2/c34-33(35,36)28-9-13-32(26-4-1-5-29(21-26)39-17-15-37-16-18-39)27(20-28)23-41-31-11-7-24(8-12-31)19-30(40)10-6-25-3-2-14-38-22-25/h1-5,7-9,11-14,20-22,37H,6,10,15-19,23H2.